The van der Waals surface area contributed by atoms with Crippen LogP contribution < -0.4 is 10.1 Å². The molecule has 0 amide bonds. The first-order valence-corrected chi connectivity index (χ1v) is 8.92. The summed E-state index contributed by atoms with van der Waals surface area (Å²) in [5, 5.41) is 2.97. The van der Waals surface area contributed by atoms with Gasteiger partial charge in [0.05, 0.1) is 20.3 Å². The Hall–Kier alpha value is -3.35. The Morgan fingerprint density at radius 1 is 1.04 bits per heavy atom. The maximum Gasteiger partial charge on any atom is 0.347 e. The number of hydrogen-bond acceptors (Lipinski definition) is 7. The molecule has 7 nitrogen and oxygen atoms in total. The maximum atomic E-state index is 12.0. The average Bonchev–Trinajstić information content (AvgIpc) is 2.68. The zero-order valence-corrected chi connectivity index (χ0v) is 16.4. The first kappa shape index (κ1) is 21.0. The third-order valence-electron chi connectivity index (χ3n) is 3.71. The number of aromatic nitrogens is 1. The number of ether oxygens (including phenoxy) is 3. The van der Waals surface area contributed by atoms with Crippen molar-refractivity contribution in [1.82, 2.24) is 4.98 Å². The summed E-state index contributed by atoms with van der Waals surface area (Å²) < 4.78 is 15.1. The quantitative estimate of drug-likeness (QED) is 0.323. The topological polar surface area (TPSA) is 86.8 Å². The number of pyridine rings is 1. The molecule has 0 aliphatic rings. The number of benzene rings is 1. The van der Waals surface area contributed by atoms with E-state index in [1.54, 1.807) is 21.0 Å². The lowest BCUT2D eigenvalue weighted by atomic mass is 10.1. The number of anilines is 1. The lowest BCUT2D eigenvalue weighted by molar-refractivity contribution is -0.146. The molecule has 148 valence electrons. The van der Waals surface area contributed by atoms with Crippen molar-refractivity contribution in [2.45, 2.75) is 20.8 Å². The third-order valence-corrected chi connectivity index (χ3v) is 3.71. The fourth-order valence-electron chi connectivity index (χ4n) is 2.47. The van der Waals surface area contributed by atoms with Gasteiger partial charge in [-0.25, -0.2) is 14.6 Å². The molecule has 0 spiro atoms. The van der Waals surface area contributed by atoms with Crippen LogP contribution in [0.25, 0.3) is 11.1 Å². The van der Waals surface area contributed by atoms with Gasteiger partial charge in [0.1, 0.15) is 0 Å². The van der Waals surface area contributed by atoms with Crippen LogP contribution in [-0.2, 0) is 19.1 Å². The Morgan fingerprint density at radius 3 is 2.32 bits per heavy atom. The van der Waals surface area contributed by atoms with Crippen LogP contribution in [0.3, 0.4) is 0 Å². The summed E-state index contributed by atoms with van der Waals surface area (Å²) in [5.41, 5.74) is 3.19. The molecule has 0 fully saturated rings. The number of esters is 2. The normalized spacial score (nSPS) is 10.0. The standard InChI is InChI=1S/C21H24N2O5/c1-5-27-20(24)18(21(25)28-6-2)13-22-17-9-7-8-15(11-17)16-10-14(3)23-19(12-16)26-4/h7-13,22H,5-6H2,1-4H3. The fraction of sp³-hybridized carbons (Fsp3) is 0.286. The molecule has 0 saturated carbocycles. The summed E-state index contributed by atoms with van der Waals surface area (Å²) in [6, 6.07) is 11.3. The van der Waals surface area contributed by atoms with Crippen LogP contribution in [0.2, 0.25) is 0 Å². The predicted molar refractivity (Wildman–Crippen MR) is 106 cm³/mol. The Bertz CT molecular complexity index is 857. The molecule has 1 aromatic heterocycles. The summed E-state index contributed by atoms with van der Waals surface area (Å²) >= 11 is 0. The third kappa shape index (κ3) is 5.57. The van der Waals surface area contributed by atoms with E-state index >= 15 is 0 Å². The highest BCUT2D eigenvalue weighted by Crippen LogP contribution is 2.26. The summed E-state index contributed by atoms with van der Waals surface area (Å²) in [5.74, 6) is -0.946. The maximum absolute atomic E-state index is 12.0. The van der Waals surface area contributed by atoms with Gasteiger partial charge in [-0.05, 0) is 50.1 Å². The van der Waals surface area contributed by atoms with Gasteiger partial charge in [0.15, 0.2) is 5.57 Å². The van der Waals surface area contributed by atoms with Crippen molar-refractivity contribution in [3.05, 3.63) is 53.9 Å². The van der Waals surface area contributed by atoms with Crippen molar-refractivity contribution in [3.63, 3.8) is 0 Å². The zero-order valence-electron chi connectivity index (χ0n) is 16.4. The fourth-order valence-corrected chi connectivity index (χ4v) is 2.47. The first-order chi connectivity index (χ1) is 13.5. The van der Waals surface area contributed by atoms with Gasteiger partial charge in [-0.15, -0.1) is 0 Å². The molecule has 7 heteroatoms. The van der Waals surface area contributed by atoms with E-state index in [0.717, 1.165) is 16.8 Å². The van der Waals surface area contributed by atoms with Crippen LogP contribution in [0.5, 0.6) is 5.88 Å². The van der Waals surface area contributed by atoms with Gasteiger partial charge in [0, 0.05) is 23.6 Å². The number of carbonyl (C=O) groups excluding carboxylic acids is 2. The molecule has 2 rings (SSSR count). The summed E-state index contributed by atoms with van der Waals surface area (Å²) in [6.45, 7) is 5.55. The van der Waals surface area contributed by atoms with Gasteiger partial charge < -0.3 is 19.5 Å². The van der Waals surface area contributed by atoms with Crippen LogP contribution in [0.15, 0.2) is 48.2 Å². The molecule has 0 aliphatic carbocycles. The van der Waals surface area contributed by atoms with Gasteiger partial charge in [-0.1, -0.05) is 12.1 Å². The second-order valence-corrected chi connectivity index (χ2v) is 5.76. The lowest BCUT2D eigenvalue weighted by Gasteiger charge is -2.10. The summed E-state index contributed by atoms with van der Waals surface area (Å²) in [4.78, 5) is 28.3. The molecule has 1 N–H and O–H groups in total. The summed E-state index contributed by atoms with van der Waals surface area (Å²) in [6.07, 6.45) is 1.30. The summed E-state index contributed by atoms with van der Waals surface area (Å²) in [7, 11) is 1.57. The molecule has 2 aromatic rings. The minimum atomic E-state index is -0.737. The van der Waals surface area contributed by atoms with E-state index < -0.39 is 11.9 Å². The first-order valence-electron chi connectivity index (χ1n) is 8.92. The van der Waals surface area contributed by atoms with Crippen molar-refractivity contribution in [2.24, 2.45) is 0 Å². The number of hydrogen-bond donors (Lipinski definition) is 1. The largest absolute Gasteiger partial charge is 0.481 e. The van der Waals surface area contributed by atoms with Gasteiger partial charge in [0.2, 0.25) is 5.88 Å². The SMILES string of the molecule is CCOC(=O)C(=CNc1cccc(-c2cc(C)nc(OC)c2)c1)C(=O)OCC. The van der Waals surface area contributed by atoms with E-state index in [9.17, 15) is 9.59 Å². The lowest BCUT2D eigenvalue weighted by Crippen LogP contribution is -2.19. The van der Waals surface area contributed by atoms with Crippen LogP contribution in [0.4, 0.5) is 5.69 Å². The van der Waals surface area contributed by atoms with Crippen molar-refractivity contribution in [1.29, 1.82) is 0 Å². The van der Waals surface area contributed by atoms with E-state index in [4.69, 9.17) is 14.2 Å². The molecular weight excluding hydrogens is 360 g/mol. The van der Waals surface area contributed by atoms with E-state index in [-0.39, 0.29) is 18.8 Å². The number of rotatable bonds is 8. The van der Waals surface area contributed by atoms with Crippen LogP contribution in [0, 0.1) is 6.92 Å². The van der Waals surface area contributed by atoms with E-state index in [0.29, 0.717) is 11.6 Å². The highest BCUT2D eigenvalue weighted by atomic mass is 16.6. The van der Waals surface area contributed by atoms with Crippen LogP contribution in [0.1, 0.15) is 19.5 Å². The minimum Gasteiger partial charge on any atom is -0.481 e. The second-order valence-electron chi connectivity index (χ2n) is 5.76. The molecule has 1 aromatic carbocycles. The van der Waals surface area contributed by atoms with Crippen LogP contribution >= 0.6 is 0 Å². The molecule has 0 unspecified atom stereocenters. The highest BCUT2D eigenvalue weighted by molar-refractivity contribution is 6.14. The highest BCUT2D eigenvalue weighted by Gasteiger charge is 2.20. The minimum absolute atomic E-state index is 0.161. The van der Waals surface area contributed by atoms with E-state index in [2.05, 4.69) is 10.3 Å². The molecule has 0 aliphatic heterocycles. The Labute approximate surface area is 164 Å². The van der Waals surface area contributed by atoms with Gasteiger partial charge >= 0.3 is 11.9 Å². The van der Waals surface area contributed by atoms with Crippen molar-refractivity contribution < 1.29 is 23.8 Å². The van der Waals surface area contributed by atoms with Gasteiger partial charge in [-0.2, -0.15) is 0 Å². The molecule has 28 heavy (non-hydrogen) atoms. The zero-order chi connectivity index (χ0) is 20.5. The molecule has 0 atom stereocenters. The number of nitrogens with one attached hydrogen (secondary N) is 1. The Balaban J connectivity index is 2.29. The second kappa shape index (κ2) is 10.1. The number of methoxy groups -OCH3 is 1. The molecule has 0 radical (unpaired) electrons. The van der Waals surface area contributed by atoms with Crippen molar-refractivity contribution in [3.8, 4) is 17.0 Å². The van der Waals surface area contributed by atoms with Gasteiger partial charge in [-0.3, -0.25) is 0 Å². The number of aryl methyl sites for hydroxylation is 1. The van der Waals surface area contributed by atoms with Crippen LogP contribution in [-0.4, -0.2) is 37.2 Å². The Morgan fingerprint density at radius 2 is 1.71 bits per heavy atom. The number of nitrogens with zero attached hydrogens (tertiary/aromatic N) is 1. The molecular formula is C21H24N2O5. The monoisotopic (exact) mass is 384 g/mol. The van der Waals surface area contributed by atoms with Gasteiger partial charge in [0.25, 0.3) is 0 Å². The predicted octanol–water partition coefficient (Wildman–Crippen LogP) is 3.49. The number of carbonyl (C=O) groups is 2. The molecule has 0 saturated heterocycles. The molecule has 0 bridgehead atoms. The Kier molecular flexibility index (Phi) is 7.56. The average molecular weight is 384 g/mol. The van der Waals surface area contributed by atoms with Crippen molar-refractivity contribution in [2.75, 3.05) is 25.6 Å². The van der Waals surface area contributed by atoms with E-state index in [1.807, 2.05) is 43.3 Å². The van der Waals surface area contributed by atoms with Crippen molar-refractivity contribution >= 4 is 17.6 Å². The molecule has 1 heterocycles. The van der Waals surface area contributed by atoms with E-state index in [1.165, 1.54) is 6.20 Å². The smallest absolute Gasteiger partial charge is 0.347 e.